The molecule has 4 heteroatoms. The molecule has 0 spiro atoms. The third-order valence-corrected chi connectivity index (χ3v) is 3.84. The largest absolute Gasteiger partial charge is 0.339 e. The zero-order valence-electron chi connectivity index (χ0n) is 12.7. The zero-order valence-corrected chi connectivity index (χ0v) is 12.7. The van der Waals surface area contributed by atoms with Crippen LogP contribution in [0.15, 0.2) is 36.4 Å². The molecule has 0 bridgehead atoms. The van der Waals surface area contributed by atoms with E-state index in [1.807, 2.05) is 30.3 Å². The monoisotopic (exact) mass is 291 g/mol. The molecule has 22 heavy (non-hydrogen) atoms. The lowest BCUT2D eigenvalue weighted by Crippen LogP contribution is -2.28. The number of hydrogen-bond donors (Lipinski definition) is 1. The normalized spacial score (nSPS) is 15.8. The van der Waals surface area contributed by atoms with E-state index in [0.29, 0.717) is 23.4 Å². The van der Waals surface area contributed by atoms with E-state index in [9.17, 15) is 10.1 Å². The van der Waals surface area contributed by atoms with Crippen molar-refractivity contribution in [3.8, 4) is 6.07 Å². The maximum atomic E-state index is 12.3. The molecule has 1 aromatic heterocycles. The van der Waals surface area contributed by atoms with Crippen molar-refractivity contribution in [2.75, 3.05) is 5.32 Å². The van der Waals surface area contributed by atoms with Gasteiger partial charge >= 0.3 is 0 Å². The number of rotatable bonds is 2. The van der Waals surface area contributed by atoms with Crippen LogP contribution in [0.3, 0.4) is 0 Å². The van der Waals surface area contributed by atoms with Crippen molar-refractivity contribution in [2.24, 2.45) is 5.41 Å². The average molecular weight is 291 g/mol. The van der Waals surface area contributed by atoms with Gasteiger partial charge in [-0.1, -0.05) is 32.0 Å². The molecule has 0 atom stereocenters. The number of fused-ring (bicyclic) bond motifs is 1. The van der Waals surface area contributed by atoms with E-state index in [1.54, 1.807) is 6.07 Å². The lowest BCUT2D eigenvalue weighted by atomic mass is 9.75. The summed E-state index contributed by atoms with van der Waals surface area (Å²) in [5, 5.41) is 12.5. The van der Waals surface area contributed by atoms with Crippen LogP contribution in [0.5, 0.6) is 0 Å². The van der Waals surface area contributed by atoms with Crippen molar-refractivity contribution in [3.05, 3.63) is 53.2 Å². The van der Waals surface area contributed by atoms with Crippen molar-refractivity contribution in [1.29, 1.82) is 5.26 Å². The van der Waals surface area contributed by atoms with Gasteiger partial charge in [-0.3, -0.25) is 4.79 Å². The molecule has 0 saturated carbocycles. The van der Waals surface area contributed by atoms with Crippen LogP contribution < -0.4 is 5.32 Å². The fourth-order valence-corrected chi connectivity index (χ4v) is 2.81. The number of nitrogens with zero attached hydrogens (tertiary/aromatic N) is 2. The van der Waals surface area contributed by atoms with Gasteiger partial charge in [0.25, 0.3) is 0 Å². The van der Waals surface area contributed by atoms with Crippen LogP contribution in [0.2, 0.25) is 0 Å². The summed E-state index contributed by atoms with van der Waals surface area (Å²) in [6.07, 6.45) is 1.24. The molecular weight excluding hydrogens is 274 g/mol. The quantitative estimate of drug-likeness (QED) is 0.912. The van der Waals surface area contributed by atoms with Gasteiger partial charge < -0.3 is 5.32 Å². The Labute approximate surface area is 129 Å². The zero-order chi connectivity index (χ0) is 15.7. The molecule has 110 valence electrons. The fraction of sp³-hybridized carbons (Fsp3) is 0.278. The van der Waals surface area contributed by atoms with Gasteiger partial charge in [-0.2, -0.15) is 5.26 Å². The Morgan fingerprint density at radius 2 is 1.95 bits per heavy atom. The van der Waals surface area contributed by atoms with Gasteiger partial charge in [0.05, 0.1) is 11.3 Å². The summed E-state index contributed by atoms with van der Waals surface area (Å²) in [5.41, 5.74) is 2.55. The number of nitrogens with one attached hydrogen (secondary N) is 1. The maximum Gasteiger partial charge on any atom is 0.165 e. The Balaban J connectivity index is 2.05. The summed E-state index contributed by atoms with van der Waals surface area (Å²) in [7, 11) is 0. The van der Waals surface area contributed by atoms with Crippen molar-refractivity contribution in [2.45, 2.75) is 26.7 Å². The Hall–Kier alpha value is -2.67. The van der Waals surface area contributed by atoms with E-state index in [0.717, 1.165) is 17.8 Å². The first-order valence-electron chi connectivity index (χ1n) is 7.28. The third kappa shape index (κ3) is 2.71. The summed E-state index contributed by atoms with van der Waals surface area (Å²) in [5.74, 6) is 0.583. The number of hydrogen-bond acceptors (Lipinski definition) is 4. The summed E-state index contributed by atoms with van der Waals surface area (Å²) < 4.78 is 0. The third-order valence-electron chi connectivity index (χ3n) is 3.84. The summed E-state index contributed by atoms with van der Waals surface area (Å²) >= 11 is 0. The molecule has 1 aromatic carbocycles. The van der Waals surface area contributed by atoms with Crippen molar-refractivity contribution in [1.82, 2.24) is 4.98 Å². The Bertz CT molecular complexity index is 773. The second kappa shape index (κ2) is 5.27. The summed E-state index contributed by atoms with van der Waals surface area (Å²) in [6, 6.07) is 13.4. The molecule has 1 heterocycles. The molecule has 0 aliphatic heterocycles. The summed E-state index contributed by atoms with van der Waals surface area (Å²) in [4.78, 5) is 16.8. The lowest BCUT2D eigenvalue weighted by molar-refractivity contribution is 0.0910. The number of pyridine rings is 1. The van der Waals surface area contributed by atoms with Gasteiger partial charge in [-0.15, -0.1) is 0 Å². The standard InChI is InChI=1S/C18H17N3O/c1-18(2)9-15-14(16(22)10-18)8-12(11-19)17(21-15)20-13-6-4-3-5-7-13/h3-8H,9-10H2,1-2H3,(H,20,21). The van der Waals surface area contributed by atoms with Gasteiger partial charge in [0, 0.05) is 17.7 Å². The fourth-order valence-electron chi connectivity index (χ4n) is 2.81. The van der Waals surface area contributed by atoms with E-state index in [4.69, 9.17) is 0 Å². The average Bonchev–Trinajstić information content (AvgIpc) is 2.46. The lowest BCUT2D eigenvalue weighted by Gasteiger charge is -2.29. The second-order valence-corrected chi connectivity index (χ2v) is 6.42. The second-order valence-electron chi connectivity index (χ2n) is 6.42. The van der Waals surface area contributed by atoms with Crippen LogP contribution in [0.1, 0.15) is 41.9 Å². The highest BCUT2D eigenvalue weighted by Crippen LogP contribution is 2.35. The highest BCUT2D eigenvalue weighted by molar-refractivity contribution is 5.99. The van der Waals surface area contributed by atoms with Crippen molar-refractivity contribution < 1.29 is 4.79 Å². The molecular formula is C18H17N3O. The van der Waals surface area contributed by atoms with Crippen LogP contribution in [0.25, 0.3) is 0 Å². The molecule has 0 radical (unpaired) electrons. The topological polar surface area (TPSA) is 65.8 Å². The highest BCUT2D eigenvalue weighted by Gasteiger charge is 2.32. The SMILES string of the molecule is CC1(C)CC(=O)c2cc(C#N)c(Nc3ccccc3)nc2C1. The van der Waals surface area contributed by atoms with E-state index >= 15 is 0 Å². The van der Waals surface area contributed by atoms with Gasteiger partial charge in [0.1, 0.15) is 11.9 Å². The maximum absolute atomic E-state index is 12.3. The Morgan fingerprint density at radius 1 is 1.23 bits per heavy atom. The molecule has 0 unspecified atom stereocenters. The number of carbonyl (C=O) groups excluding carboxylic acids is 1. The first-order chi connectivity index (χ1) is 10.5. The smallest absolute Gasteiger partial charge is 0.165 e. The first kappa shape index (κ1) is 14.3. The Kier molecular flexibility index (Phi) is 3.42. The van der Waals surface area contributed by atoms with Crippen LogP contribution in [-0.4, -0.2) is 10.8 Å². The number of Topliss-reactive ketones (excluding diaryl/α,β-unsaturated/α-hetero) is 1. The predicted octanol–water partition coefficient (Wildman–Crippen LogP) is 3.85. The van der Waals surface area contributed by atoms with Gasteiger partial charge in [0.15, 0.2) is 5.78 Å². The minimum absolute atomic E-state index is 0.0708. The number of aromatic nitrogens is 1. The number of para-hydroxylation sites is 1. The van der Waals surface area contributed by atoms with Crippen LogP contribution in [-0.2, 0) is 6.42 Å². The first-order valence-corrected chi connectivity index (χ1v) is 7.28. The highest BCUT2D eigenvalue weighted by atomic mass is 16.1. The number of ketones is 1. The molecule has 0 saturated heterocycles. The number of carbonyl (C=O) groups is 1. The van der Waals surface area contributed by atoms with E-state index in [-0.39, 0.29) is 11.2 Å². The predicted molar refractivity (Wildman–Crippen MR) is 85.1 cm³/mol. The van der Waals surface area contributed by atoms with E-state index < -0.39 is 0 Å². The van der Waals surface area contributed by atoms with E-state index in [2.05, 4.69) is 30.2 Å². The minimum atomic E-state index is -0.0880. The van der Waals surface area contributed by atoms with Crippen molar-refractivity contribution in [3.63, 3.8) is 0 Å². The van der Waals surface area contributed by atoms with Gasteiger partial charge in [0.2, 0.25) is 0 Å². The molecule has 0 fully saturated rings. The van der Waals surface area contributed by atoms with Crippen LogP contribution in [0, 0.1) is 16.7 Å². The van der Waals surface area contributed by atoms with Crippen LogP contribution >= 0.6 is 0 Å². The molecule has 4 nitrogen and oxygen atoms in total. The molecule has 3 rings (SSSR count). The molecule has 1 aliphatic rings. The molecule has 2 aromatic rings. The van der Waals surface area contributed by atoms with Crippen molar-refractivity contribution >= 4 is 17.3 Å². The molecule has 1 aliphatic carbocycles. The van der Waals surface area contributed by atoms with E-state index in [1.165, 1.54) is 0 Å². The van der Waals surface area contributed by atoms with Gasteiger partial charge in [-0.25, -0.2) is 4.98 Å². The minimum Gasteiger partial charge on any atom is -0.339 e. The molecule has 1 N–H and O–H groups in total. The Morgan fingerprint density at radius 3 is 2.64 bits per heavy atom. The number of benzene rings is 1. The number of anilines is 2. The summed E-state index contributed by atoms with van der Waals surface area (Å²) in [6.45, 7) is 4.13. The van der Waals surface area contributed by atoms with Crippen LogP contribution in [0.4, 0.5) is 11.5 Å². The van der Waals surface area contributed by atoms with Gasteiger partial charge in [-0.05, 0) is 30.0 Å². The molecule has 0 amide bonds. The number of nitriles is 1.